The molecule has 3 nitrogen and oxygen atoms in total. The highest BCUT2D eigenvalue weighted by atomic mass is 32.2. The third-order valence-electron chi connectivity index (χ3n) is 8.65. The number of furan rings is 1. The van der Waals surface area contributed by atoms with E-state index in [2.05, 4.69) is 108 Å². The molecule has 0 saturated heterocycles. The van der Waals surface area contributed by atoms with E-state index in [4.69, 9.17) is 10.2 Å². The molecule has 7 aromatic carbocycles. The molecule has 0 radical (unpaired) electrons. The number of para-hydroxylation sites is 1. The van der Waals surface area contributed by atoms with Gasteiger partial charge >= 0.3 is 0 Å². The van der Waals surface area contributed by atoms with E-state index in [1.54, 1.807) is 11.8 Å². The Balaban J connectivity index is 1.16. The summed E-state index contributed by atoms with van der Waals surface area (Å²) in [5, 5.41) is 9.90. The average molecular weight is 571 g/mol. The Labute approximate surface area is 252 Å². The fourth-order valence-electron chi connectivity index (χ4n) is 6.68. The zero-order valence-corrected chi connectivity index (χ0v) is 24.1. The largest absolute Gasteiger partial charge is 0.456 e. The molecule has 43 heavy (non-hydrogen) atoms. The number of aromatic nitrogens is 1. The van der Waals surface area contributed by atoms with Crippen molar-refractivity contribution < 1.29 is 4.42 Å². The SMILES string of the molecule is Nc1ccc2oc3ccccc3c2c1SCc1ccc(-n2c3ccc4ccccc4c3c3c4ccccc4ccc32)cc1. The number of rotatable bonds is 4. The molecule has 0 saturated carbocycles. The molecule has 0 aliphatic heterocycles. The van der Waals surface area contributed by atoms with Crippen molar-refractivity contribution >= 4 is 82.7 Å². The standard InChI is InChI=1S/C39H26N2OS/c40-31-19-22-35-38(30-11-5-6-12-34(30)42-35)39(31)43-23-24-13-17-27(18-14-24)41-32-20-15-25-7-1-3-9-28(25)36(32)37-29-10-4-2-8-26(29)16-21-33(37)41/h1-22H,23,40H2. The Morgan fingerprint density at radius 2 is 1.14 bits per heavy atom. The van der Waals surface area contributed by atoms with Crippen molar-refractivity contribution in [3.8, 4) is 5.69 Å². The molecular formula is C39H26N2OS. The molecule has 2 N–H and O–H groups in total. The zero-order chi connectivity index (χ0) is 28.5. The third-order valence-corrected chi connectivity index (χ3v) is 9.86. The fraction of sp³-hybridized carbons (Fsp3) is 0.0256. The number of fused-ring (bicyclic) bond motifs is 10. The van der Waals surface area contributed by atoms with Crippen LogP contribution in [0.1, 0.15) is 5.56 Å². The predicted molar refractivity (Wildman–Crippen MR) is 183 cm³/mol. The monoisotopic (exact) mass is 570 g/mol. The normalized spacial score (nSPS) is 12.0. The molecule has 2 aromatic heterocycles. The van der Waals surface area contributed by atoms with Crippen molar-refractivity contribution in [2.75, 3.05) is 5.73 Å². The second kappa shape index (κ2) is 9.41. The highest BCUT2D eigenvalue weighted by molar-refractivity contribution is 7.99. The van der Waals surface area contributed by atoms with E-state index in [1.165, 1.54) is 48.9 Å². The van der Waals surface area contributed by atoms with Gasteiger partial charge in [-0.25, -0.2) is 0 Å². The lowest BCUT2D eigenvalue weighted by Crippen LogP contribution is -1.94. The molecule has 0 spiro atoms. The number of nitrogen functional groups attached to an aromatic ring is 1. The van der Waals surface area contributed by atoms with Crippen molar-refractivity contribution in [3.63, 3.8) is 0 Å². The third kappa shape index (κ3) is 3.70. The zero-order valence-electron chi connectivity index (χ0n) is 23.2. The quantitative estimate of drug-likeness (QED) is 0.169. The van der Waals surface area contributed by atoms with Gasteiger partial charge < -0.3 is 14.7 Å². The van der Waals surface area contributed by atoms with E-state index < -0.39 is 0 Å². The molecule has 0 aliphatic rings. The number of hydrogen-bond acceptors (Lipinski definition) is 3. The van der Waals surface area contributed by atoms with Gasteiger partial charge in [0, 0.05) is 43.6 Å². The minimum Gasteiger partial charge on any atom is -0.456 e. The lowest BCUT2D eigenvalue weighted by molar-refractivity contribution is 0.668. The van der Waals surface area contributed by atoms with Crippen LogP contribution in [0.5, 0.6) is 0 Å². The summed E-state index contributed by atoms with van der Waals surface area (Å²) in [6, 6.07) is 47.5. The highest BCUT2D eigenvalue weighted by Gasteiger charge is 2.18. The van der Waals surface area contributed by atoms with Gasteiger partial charge in [0.15, 0.2) is 0 Å². The van der Waals surface area contributed by atoms with Gasteiger partial charge in [0.25, 0.3) is 0 Å². The topological polar surface area (TPSA) is 44.1 Å². The second-order valence-electron chi connectivity index (χ2n) is 11.1. The number of hydrogen-bond donors (Lipinski definition) is 1. The van der Waals surface area contributed by atoms with Gasteiger partial charge in [0.2, 0.25) is 0 Å². The molecule has 0 aliphatic carbocycles. The summed E-state index contributed by atoms with van der Waals surface area (Å²) in [4.78, 5) is 1.08. The molecule has 4 heteroatoms. The van der Waals surface area contributed by atoms with Crippen LogP contribution in [0.2, 0.25) is 0 Å². The number of nitrogens with zero attached hydrogens (tertiary/aromatic N) is 1. The van der Waals surface area contributed by atoms with Crippen LogP contribution in [0.25, 0.3) is 71.0 Å². The summed E-state index contributed by atoms with van der Waals surface area (Å²) in [7, 11) is 0. The van der Waals surface area contributed by atoms with E-state index in [0.717, 1.165) is 44.0 Å². The fourth-order valence-corrected chi connectivity index (χ4v) is 7.77. The molecular weight excluding hydrogens is 545 g/mol. The van der Waals surface area contributed by atoms with Crippen LogP contribution in [-0.4, -0.2) is 4.57 Å². The number of anilines is 1. The van der Waals surface area contributed by atoms with Crippen LogP contribution >= 0.6 is 11.8 Å². The number of thioether (sulfide) groups is 1. The van der Waals surface area contributed by atoms with Gasteiger partial charge in [-0.2, -0.15) is 0 Å². The molecule has 0 unspecified atom stereocenters. The minimum absolute atomic E-state index is 0.783. The van der Waals surface area contributed by atoms with Crippen molar-refractivity contribution in [2.45, 2.75) is 10.6 Å². The maximum absolute atomic E-state index is 6.51. The van der Waals surface area contributed by atoms with Crippen LogP contribution in [0.3, 0.4) is 0 Å². The summed E-state index contributed by atoms with van der Waals surface area (Å²) in [5.41, 5.74) is 13.9. The van der Waals surface area contributed by atoms with Crippen LogP contribution in [0, 0.1) is 0 Å². The van der Waals surface area contributed by atoms with Crippen molar-refractivity contribution in [3.05, 3.63) is 139 Å². The van der Waals surface area contributed by atoms with Gasteiger partial charge in [-0.15, -0.1) is 11.8 Å². The van der Waals surface area contributed by atoms with Gasteiger partial charge in [0.1, 0.15) is 11.2 Å². The summed E-state index contributed by atoms with van der Waals surface area (Å²) in [6.45, 7) is 0. The van der Waals surface area contributed by atoms with E-state index in [-0.39, 0.29) is 0 Å². The first-order valence-electron chi connectivity index (χ1n) is 14.5. The van der Waals surface area contributed by atoms with Crippen LogP contribution in [0.15, 0.2) is 143 Å². The molecule has 9 rings (SSSR count). The van der Waals surface area contributed by atoms with E-state index in [9.17, 15) is 0 Å². The number of nitrogens with two attached hydrogens (primary N) is 1. The summed E-state index contributed by atoms with van der Waals surface area (Å²) in [5.74, 6) is 0.811. The molecule has 0 atom stereocenters. The predicted octanol–water partition coefficient (Wildman–Crippen LogP) is 10.9. The lowest BCUT2D eigenvalue weighted by Gasteiger charge is -2.11. The first-order chi connectivity index (χ1) is 21.2. The first-order valence-corrected chi connectivity index (χ1v) is 15.5. The molecule has 0 fully saturated rings. The van der Waals surface area contributed by atoms with E-state index in [1.807, 2.05) is 30.3 Å². The second-order valence-corrected chi connectivity index (χ2v) is 12.1. The lowest BCUT2D eigenvalue weighted by atomic mass is 10.00. The van der Waals surface area contributed by atoms with E-state index >= 15 is 0 Å². The van der Waals surface area contributed by atoms with Crippen LogP contribution < -0.4 is 5.73 Å². The molecule has 2 heterocycles. The van der Waals surface area contributed by atoms with Gasteiger partial charge in [-0.1, -0.05) is 91.0 Å². The van der Waals surface area contributed by atoms with Crippen molar-refractivity contribution in [1.82, 2.24) is 4.57 Å². The van der Waals surface area contributed by atoms with Gasteiger partial charge in [-0.05, 0) is 69.6 Å². The summed E-state index contributed by atoms with van der Waals surface area (Å²) in [6.07, 6.45) is 0. The smallest absolute Gasteiger partial charge is 0.136 e. The Morgan fingerprint density at radius 1 is 0.535 bits per heavy atom. The van der Waals surface area contributed by atoms with E-state index in [0.29, 0.717) is 0 Å². The Kier molecular flexibility index (Phi) is 5.34. The Bertz CT molecular complexity index is 2430. The molecule has 0 amide bonds. The average Bonchev–Trinajstić information content (AvgIpc) is 3.61. The first kappa shape index (κ1) is 24.4. The highest BCUT2D eigenvalue weighted by Crippen LogP contribution is 2.42. The molecule has 0 bridgehead atoms. The Hall–Kier alpha value is -5.19. The molecule has 9 aromatic rings. The summed E-state index contributed by atoms with van der Waals surface area (Å²) < 4.78 is 8.52. The van der Waals surface area contributed by atoms with Crippen LogP contribution in [0.4, 0.5) is 5.69 Å². The van der Waals surface area contributed by atoms with Gasteiger partial charge in [-0.3, -0.25) is 0 Å². The van der Waals surface area contributed by atoms with Crippen LogP contribution in [-0.2, 0) is 5.75 Å². The van der Waals surface area contributed by atoms with Crippen molar-refractivity contribution in [2.24, 2.45) is 0 Å². The maximum atomic E-state index is 6.51. The maximum Gasteiger partial charge on any atom is 0.136 e. The number of benzene rings is 7. The Morgan fingerprint density at radius 3 is 1.81 bits per heavy atom. The summed E-state index contributed by atoms with van der Waals surface area (Å²) >= 11 is 1.77. The van der Waals surface area contributed by atoms with Crippen molar-refractivity contribution in [1.29, 1.82) is 0 Å². The van der Waals surface area contributed by atoms with Gasteiger partial charge in [0.05, 0.1) is 11.0 Å². The minimum atomic E-state index is 0.783. The molecule has 204 valence electrons.